The summed E-state index contributed by atoms with van der Waals surface area (Å²) in [7, 11) is 1.85. The van der Waals surface area contributed by atoms with Crippen LogP contribution in [-0.4, -0.2) is 7.05 Å². The molecule has 0 bridgehead atoms. The largest absolute Gasteiger partial charge is 0.485 e. The number of nitrogens with one attached hydrogen (secondary N) is 1. The maximum Gasteiger partial charge on any atom is 0.165 e. The SMILES string of the molecule is CNC(C)c1ccc(OCc2ccc(Br)s2)c(F)c1. The molecule has 1 heterocycles. The fraction of sp³-hybridized carbons (Fsp3) is 0.286. The Labute approximate surface area is 124 Å². The molecule has 102 valence electrons. The number of benzene rings is 1. The molecule has 1 unspecified atom stereocenters. The second kappa shape index (κ2) is 6.50. The molecule has 1 atom stereocenters. The molecule has 1 N–H and O–H groups in total. The van der Waals surface area contributed by atoms with E-state index in [1.54, 1.807) is 17.4 Å². The van der Waals surface area contributed by atoms with Crippen molar-refractivity contribution in [2.75, 3.05) is 7.05 Å². The van der Waals surface area contributed by atoms with Gasteiger partial charge in [-0.15, -0.1) is 11.3 Å². The van der Waals surface area contributed by atoms with Crippen LogP contribution in [0.4, 0.5) is 4.39 Å². The van der Waals surface area contributed by atoms with Crippen molar-refractivity contribution in [1.29, 1.82) is 0 Å². The van der Waals surface area contributed by atoms with Crippen molar-refractivity contribution in [2.45, 2.75) is 19.6 Å². The molecule has 0 aliphatic rings. The highest BCUT2D eigenvalue weighted by Crippen LogP contribution is 2.26. The van der Waals surface area contributed by atoms with E-state index in [9.17, 15) is 4.39 Å². The smallest absolute Gasteiger partial charge is 0.165 e. The number of rotatable bonds is 5. The third-order valence-electron chi connectivity index (χ3n) is 2.89. The van der Waals surface area contributed by atoms with E-state index in [0.29, 0.717) is 6.61 Å². The summed E-state index contributed by atoms with van der Waals surface area (Å²) in [4.78, 5) is 1.05. The van der Waals surface area contributed by atoms with Gasteiger partial charge in [-0.25, -0.2) is 4.39 Å². The Balaban J connectivity index is 2.05. The van der Waals surface area contributed by atoms with Crippen molar-refractivity contribution in [1.82, 2.24) is 5.32 Å². The molecular formula is C14H15BrFNOS. The Bertz CT molecular complexity index is 558. The number of halogens is 2. The summed E-state index contributed by atoms with van der Waals surface area (Å²) in [6, 6.07) is 9.12. The fourth-order valence-corrected chi connectivity index (χ4v) is 3.04. The van der Waals surface area contributed by atoms with Gasteiger partial charge in [-0.2, -0.15) is 0 Å². The van der Waals surface area contributed by atoms with Gasteiger partial charge < -0.3 is 10.1 Å². The van der Waals surface area contributed by atoms with E-state index in [-0.39, 0.29) is 17.6 Å². The Morgan fingerprint density at radius 2 is 2.16 bits per heavy atom. The van der Waals surface area contributed by atoms with Crippen LogP contribution >= 0.6 is 27.3 Å². The molecule has 2 aromatic rings. The van der Waals surface area contributed by atoms with E-state index in [0.717, 1.165) is 14.2 Å². The molecule has 5 heteroatoms. The summed E-state index contributed by atoms with van der Waals surface area (Å²) in [5, 5.41) is 3.08. The van der Waals surface area contributed by atoms with Crippen LogP contribution in [0.3, 0.4) is 0 Å². The van der Waals surface area contributed by atoms with Crippen molar-refractivity contribution in [3.05, 3.63) is 50.4 Å². The minimum absolute atomic E-state index is 0.122. The maximum atomic E-state index is 13.9. The number of hydrogen-bond donors (Lipinski definition) is 1. The van der Waals surface area contributed by atoms with Gasteiger partial charge in [-0.1, -0.05) is 6.07 Å². The average molecular weight is 344 g/mol. The number of hydrogen-bond acceptors (Lipinski definition) is 3. The minimum Gasteiger partial charge on any atom is -0.485 e. The van der Waals surface area contributed by atoms with E-state index in [4.69, 9.17) is 4.74 Å². The molecule has 0 radical (unpaired) electrons. The van der Waals surface area contributed by atoms with Crippen LogP contribution in [0, 0.1) is 5.82 Å². The third kappa shape index (κ3) is 3.78. The summed E-state index contributed by atoms with van der Waals surface area (Å²) >= 11 is 4.97. The lowest BCUT2D eigenvalue weighted by atomic mass is 10.1. The lowest BCUT2D eigenvalue weighted by Gasteiger charge is -2.12. The van der Waals surface area contributed by atoms with Gasteiger partial charge in [0.1, 0.15) is 6.61 Å². The van der Waals surface area contributed by atoms with Crippen molar-refractivity contribution >= 4 is 27.3 Å². The lowest BCUT2D eigenvalue weighted by molar-refractivity contribution is 0.293. The fourth-order valence-electron chi connectivity index (χ4n) is 1.65. The molecular weight excluding hydrogens is 329 g/mol. The first kappa shape index (κ1) is 14.5. The van der Waals surface area contributed by atoms with Crippen LogP contribution < -0.4 is 10.1 Å². The normalized spacial score (nSPS) is 12.4. The van der Waals surface area contributed by atoms with Gasteiger partial charge in [0, 0.05) is 10.9 Å². The highest BCUT2D eigenvalue weighted by Gasteiger charge is 2.09. The van der Waals surface area contributed by atoms with Crippen LogP contribution in [0.2, 0.25) is 0 Å². The molecule has 1 aromatic carbocycles. The highest BCUT2D eigenvalue weighted by molar-refractivity contribution is 9.11. The van der Waals surface area contributed by atoms with E-state index in [2.05, 4.69) is 21.2 Å². The first-order valence-corrected chi connectivity index (χ1v) is 7.55. The Morgan fingerprint density at radius 1 is 1.37 bits per heavy atom. The second-order valence-electron chi connectivity index (χ2n) is 4.19. The lowest BCUT2D eigenvalue weighted by Crippen LogP contribution is -2.12. The maximum absolute atomic E-state index is 13.9. The summed E-state index contributed by atoms with van der Waals surface area (Å²) in [6.45, 7) is 2.37. The van der Waals surface area contributed by atoms with Gasteiger partial charge >= 0.3 is 0 Å². The standard InChI is InChI=1S/C14H15BrFNOS/c1-9(17-2)10-3-5-13(12(16)7-10)18-8-11-4-6-14(15)19-11/h3-7,9,17H,8H2,1-2H3. The van der Waals surface area contributed by atoms with E-state index < -0.39 is 0 Å². The molecule has 0 spiro atoms. The van der Waals surface area contributed by atoms with Crippen molar-refractivity contribution in [3.63, 3.8) is 0 Å². The molecule has 0 fully saturated rings. The van der Waals surface area contributed by atoms with Gasteiger partial charge in [0.15, 0.2) is 11.6 Å². The van der Waals surface area contributed by atoms with Crippen molar-refractivity contribution < 1.29 is 9.13 Å². The summed E-state index contributed by atoms with van der Waals surface area (Å²) in [5.41, 5.74) is 0.909. The quantitative estimate of drug-likeness (QED) is 0.862. The molecule has 19 heavy (non-hydrogen) atoms. The molecule has 2 nitrogen and oxygen atoms in total. The van der Waals surface area contributed by atoms with Gasteiger partial charge in [-0.3, -0.25) is 0 Å². The second-order valence-corrected chi connectivity index (χ2v) is 6.74. The van der Waals surface area contributed by atoms with Crippen LogP contribution in [0.5, 0.6) is 5.75 Å². The topological polar surface area (TPSA) is 21.3 Å². The zero-order valence-electron chi connectivity index (χ0n) is 10.7. The van der Waals surface area contributed by atoms with Gasteiger partial charge in [0.2, 0.25) is 0 Å². The van der Waals surface area contributed by atoms with Gasteiger partial charge in [-0.05, 0) is 59.7 Å². The zero-order valence-corrected chi connectivity index (χ0v) is 13.1. The molecule has 0 saturated heterocycles. The first-order chi connectivity index (χ1) is 9.10. The predicted molar refractivity (Wildman–Crippen MR) is 80.2 cm³/mol. The first-order valence-electron chi connectivity index (χ1n) is 5.94. The predicted octanol–water partition coefficient (Wildman–Crippen LogP) is 4.51. The van der Waals surface area contributed by atoms with E-state index in [1.165, 1.54) is 6.07 Å². The molecule has 0 amide bonds. The Kier molecular flexibility index (Phi) is 4.96. The molecule has 0 aliphatic carbocycles. The zero-order chi connectivity index (χ0) is 13.8. The highest BCUT2D eigenvalue weighted by atomic mass is 79.9. The minimum atomic E-state index is -0.324. The summed E-state index contributed by atoms with van der Waals surface area (Å²) in [6.07, 6.45) is 0. The van der Waals surface area contributed by atoms with E-state index >= 15 is 0 Å². The molecule has 0 saturated carbocycles. The number of ether oxygens (including phenoxy) is 1. The van der Waals surface area contributed by atoms with Crippen LogP contribution in [-0.2, 0) is 6.61 Å². The molecule has 1 aromatic heterocycles. The average Bonchev–Trinajstić information content (AvgIpc) is 2.82. The summed E-state index contributed by atoms with van der Waals surface area (Å²) in [5.74, 6) is -0.0354. The van der Waals surface area contributed by atoms with E-state index in [1.807, 2.05) is 32.2 Å². The summed E-state index contributed by atoms with van der Waals surface area (Å²) < 4.78 is 20.4. The Morgan fingerprint density at radius 3 is 2.74 bits per heavy atom. The van der Waals surface area contributed by atoms with Gasteiger partial charge in [0.05, 0.1) is 3.79 Å². The van der Waals surface area contributed by atoms with Crippen LogP contribution in [0.15, 0.2) is 34.1 Å². The van der Waals surface area contributed by atoms with Crippen molar-refractivity contribution in [2.24, 2.45) is 0 Å². The molecule has 2 rings (SSSR count). The Hall–Kier alpha value is -0.910. The van der Waals surface area contributed by atoms with Crippen molar-refractivity contribution in [3.8, 4) is 5.75 Å². The van der Waals surface area contributed by atoms with Gasteiger partial charge in [0.25, 0.3) is 0 Å². The van der Waals surface area contributed by atoms with Crippen LogP contribution in [0.1, 0.15) is 23.4 Å². The molecule has 0 aliphatic heterocycles. The monoisotopic (exact) mass is 343 g/mol. The number of thiophene rings is 1. The van der Waals surface area contributed by atoms with Crippen LogP contribution in [0.25, 0.3) is 0 Å². The third-order valence-corrected chi connectivity index (χ3v) is 4.48.